The lowest BCUT2D eigenvalue weighted by atomic mass is 9.94. The molecule has 0 saturated heterocycles. The minimum atomic E-state index is -4.13. The fourth-order valence-electron chi connectivity index (χ4n) is 3.30. The van der Waals surface area contributed by atoms with Gasteiger partial charge < -0.3 is 14.6 Å². The quantitative estimate of drug-likeness (QED) is 0.731. The molecule has 3 rings (SSSR count). The Labute approximate surface area is 168 Å². The number of hydrogen-bond acceptors (Lipinski definition) is 4. The molecule has 158 valence electrons. The number of fused-ring (bicyclic) bond motifs is 1. The molecule has 29 heavy (non-hydrogen) atoms. The number of nitrogens with zero attached hydrogens (tertiary/aromatic N) is 1. The normalized spacial score (nSPS) is 17.0. The van der Waals surface area contributed by atoms with Crippen LogP contribution in [0.4, 0.5) is 13.2 Å². The first kappa shape index (κ1) is 21.5. The van der Waals surface area contributed by atoms with Crippen molar-refractivity contribution in [3.8, 4) is 11.5 Å². The van der Waals surface area contributed by atoms with Gasteiger partial charge in [-0.15, -0.1) is 0 Å². The summed E-state index contributed by atoms with van der Waals surface area (Å²) in [5.74, 6) is 1.37. The Morgan fingerprint density at radius 2 is 1.90 bits per heavy atom. The van der Waals surface area contributed by atoms with Gasteiger partial charge >= 0.3 is 6.18 Å². The van der Waals surface area contributed by atoms with Crippen LogP contribution in [0.5, 0.6) is 11.5 Å². The molecule has 0 saturated carbocycles. The number of benzene rings is 2. The molecule has 2 aromatic rings. The molecule has 0 fully saturated rings. The summed E-state index contributed by atoms with van der Waals surface area (Å²) in [5, 5.41) is 10.9. The molecular weight excluding hydrogens is 383 g/mol. The Bertz CT molecular complexity index is 794. The lowest BCUT2D eigenvalue weighted by Gasteiger charge is -2.25. The molecule has 4 nitrogen and oxygen atoms in total. The van der Waals surface area contributed by atoms with E-state index in [1.54, 1.807) is 19.1 Å². The third kappa shape index (κ3) is 6.37. The number of hydrogen-bond donors (Lipinski definition) is 1. The van der Waals surface area contributed by atoms with E-state index in [-0.39, 0.29) is 13.0 Å². The average molecular weight is 409 g/mol. The van der Waals surface area contributed by atoms with Crippen LogP contribution in [0.3, 0.4) is 0 Å². The number of rotatable bonds is 7. The van der Waals surface area contributed by atoms with E-state index in [2.05, 4.69) is 0 Å². The summed E-state index contributed by atoms with van der Waals surface area (Å²) in [6, 6.07) is 14.7. The first-order chi connectivity index (χ1) is 13.7. The smallest absolute Gasteiger partial charge is 0.389 e. The Morgan fingerprint density at radius 1 is 1.14 bits per heavy atom. The van der Waals surface area contributed by atoms with Gasteiger partial charge in [-0.3, -0.25) is 4.90 Å². The van der Waals surface area contributed by atoms with E-state index in [4.69, 9.17) is 9.47 Å². The second kappa shape index (κ2) is 9.05. The first-order valence-electron chi connectivity index (χ1n) is 9.68. The van der Waals surface area contributed by atoms with Gasteiger partial charge in [-0.05, 0) is 49.7 Å². The predicted octanol–water partition coefficient (Wildman–Crippen LogP) is 4.51. The average Bonchev–Trinajstić information content (AvgIpc) is 2.87. The zero-order valence-corrected chi connectivity index (χ0v) is 16.4. The standard InChI is InChI=1S/C22H26F3NO3/c1-21(27,16-29-19-6-3-2-4-7-19)18-8-9-20-17(14-18)15-26(12-13-28-20)11-5-10-22(23,24)25/h2-4,6-9,14,27H,5,10-13,15-16H2,1H3/t21-/m0/s1. The van der Waals surface area contributed by atoms with Crippen LogP contribution in [0.15, 0.2) is 48.5 Å². The molecule has 1 heterocycles. The van der Waals surface area contributed by atoms with E-state index in [0.29, 0.717) is 43.3 Å². The fourth-order valence-corrected chi connectivity index (χ4v) is 3.30. The summed E-state index contributed by atoms with van der Waals surface area (Å²) in [5.41, 5.74) is 0.304. The molecule has 1 N–H and O–H groups in total. The van der Waals surface area contributed by atoms with Gasteiger partial charge in [0.2, 0.25) is 0 Å². The van der Waals surface area contributed by atoms with E-state index in [1.807, 2.05) is 41.3 Å². The van der Waals surface area contributed by atoms with Crippen molar-refractivity contribution in [3.05, 3.63) is 59.7 Å². The van der Waals surface area contributed by atoms with Crippen LogP contribution in [0, 0.1) is 0 Å². The molecule has 1 atom stereocenters. The van der Waals surface area contributed by atoms with E-state index < -0.39 is 18.2 Å². The molecule has 0 aliphatic carbocycles. The van der Waals surface area contributed by atoms with Crippen molar-refractivity contribution in [2.75, 3.05) is 26.3 Å². The van der Waals surface area contributed by atoms with Crippen LogP contribution in [0.2, 0.25) is 0 Å². The van der Waals surface area contributed by atoms with Crippen molar-refractivity contribution >= 4 is 0 Å². The van der Waals surface area contributed by atoms with Crippen LogP contribution < -0.4 is 9.47 Å². The van der Waals surface area contributed by atoms with E-state index in [1.165, 1.54) is 0 Å². The number of aliphatic hydroxyl groups is 1. The van der Waals surface area contributed by atoms with Crippen LogP contribution in [0.1, 0.15) is 30.9 Å². The van der Waals surface area contributed by atoms with Crippen molar-refractivity contribution in [2.45, 2.75) is 38.1 Å². The van der Waals surface area contributed by atoms with Gasteiger partial charge in [0.1, 0.15) is 30.3 Å². The third-order valence-corrected chi connectivity index (χ3v) is 4.94. The Hall–Kier alpha value is -2.25. The Morgan fingerprint density at radius 3 is 2.62 bits per heavy atom. The number of ether oxygens (including phenoxy) is 2. The molecule has 0 bridgehead atoms. The molecule has 7 heteroatoms. The third-order valence-electron chi connectivity index (χ3n) is 4.94. The molecule has 0 spiro atoms. The van der Waals surface area contributed by atoms with Gasteiger partial charge in [-0.25, -0.2) is 0 Å². The Balaban J connectivity index is 1.66. The summed E-state index contributed by atoms with van der Waals surface area (Å²) >= 11 is 0. The maximum atomic E-state index is 12.4. The minimum absolute atomic E-state index is 0.0567. The second-order valence-electron chi connectivity index (χ2n) is 7.54. The van der Waals surface area contributed by atoms with Crippen molar-refractivity contribution in [3.63, 3.8) is 0 Å². The zero-order valence-electron chi connectivity index (χ0n) is 16.4. The van der Waals surface area contributed by atoms with Crippen molar-refractivity contribution in [1.82, 2.24) is 4.90 Å². The fraction of sp³-hybridized carbons (Fsp3) is 0.455. The van der Waals surface area contributed by atoms with Gasteiger partial charge in [0.15, 0.2) is 0 Å². The van der Waals surface area contributed by atoms with Gasteiger partial charge in [-0.2, -0.15) is 13.2 Å². The number of alkyl halides is 3. The molecule has 1 aliphatic heterocycles. The summed E-state index contributed by atoms with van der Waals surface area (Å²) in [6.07, 6.45) is -4.87. The lowest BCUT2D eigenvalue weighted by molar-refractivity contribution is -0.136. The molecule has 0 radical (unpaired) electrons. The highest BCUT2D eigenvalue weighted by molar-refractivity contribution is 5.40. The largest absolute Gasteiger partial charge is 0.492 e. The highest BCUT2D eigenvalue weighted by Gasteiger charge is 2.28. The Kier molecular flexibility index (Phi) is 6.70. The molecule has 0 unspecified atom stereocenters. The summed E-state index contributed by atoms with van der Waals surface area (Å²) in [6.45, 7) is 3.57. The number of para-hydroxylation sites is 1. The van der Waals surface area contributed by atoms with Crippen molar-refractivity contribution in [2.24, 2.45) is 0 Å². The SMILES string of the molecule is C[C@](O)(COc1ccccc1)c1ccc2c(c1)CN(CCCC(F)(F)F)CCO2. The monoisotopic (exact) mass is 409 g/mol. The molecule has 0 amide bonds. The lowest BCUT2D eigenvalue weighted by Crippen LogP contribution is -2.30. The van der Waals surface area contributed by atoms with Crippen LogP contribution >= 0.6 is 0 Å². The van der Waals surface area contributed by atoms with E-state index >= 15 is 0 Å². The minimum Gasteiger partial charge on any atom is -0.492 e. The second-order valence-corrected chi connectivity index (χ2v) is 7.54. The highest BCUT2D eigenvalue weighted by Crippen LogP contribution is 2.30. The van der Waals surface area contributed by atoms with Gasteiger partial charge in [0, 0.05) is 25.1 Å². The summed E-state index contributed by atoms with van der Waals surface area (Å²) in [4.78, 5) is 1.95. The van der Waals surface area contributed by atoms with Gasteiger partial charge in [-0.1, -0.05) is 24.3 Å². The maximum Gasteiger partial charge on any atom is 0.389 e. The maximum absolute atomic E-state index is 12.4. The van der Waals surface area contributed by atoms with Gasteiger partial charge in [0.05, 0.1) is 0 Å². The van der Waals surface area contributed by atoms with Crippen LogP contribution in [0.25, 0.3) is 0 Å². The molecule has 0 aromatic heterocycles. The van der Waals surface area contributed by atoms with Crippen molar-refractivity contribution < 1.29 is 27.8 Å². The summed E-state index contributed by atoms with van der Waals surface area (Å²) in [7, 11) is 0. The first-order valence-corrected chi connectivity index (χ1v) is 9.68. The molecule has 2 aromatic carbocycles. The van der Waals surface area contributed by atoms with Crippen LogP contribution in [-0.2, 0) is 12.1 Å². The van der Waals surface area contributed by atoms with E-state index in [9.17, 15) is 18.3 Å². The van der Waals surface area contributed by atoms with E-state index in [0.717, 1.165) is 5.56 Å². The zero-order chi connectivity index (χ0) is 20.9. The number of halogens is 3. The van der Waals surface area contributed by atoms with Crippen LogP contribution in [-0.4, -0.2) is 42.5 Å². The predicted molar refractivity (Wildman–Crippen MR) is 104 cm³/mol. The molecule has 1 aliphatic rings. The van der Waals surface area contributed by atoms with Gasteiger partial charge in [0.25, 0.3) is 0 Å². The highest BCUT2D eigenvalue weighted by atomic mass is 19.4. The van der Waals surface area contributed by atoms with Crippen molar-refractivity contribution in [1.29, 1.82) is 0 Å². The summed E-state index contributed by atoms with van der Waals surface area (Å²) < 4.78 is 48.7. The molecular formula is C22H26F3NO3. The topological polar surface area (TPSA) is 41.9 Å².